The van der Waals surface area contributed by atoms with Crippen LogP contribution in [0.2, 0.25) is 0 Å². The van der Waals surface area contributed by atoms with E-state index in [1.54, 1.807) is 0 Å². The Labute approximate surface area is 155 Å². The molecule has 0 saturated carbocycles. The third-order valence-corrected chi connectivity index (χ3v) is 3.88. The van der Waals surface area contributed by atoms with E-state index in [1.165, 1.54) is 4.90 Å². The van der Waals surface area contributed by atoms with Crippen LogP contribution >= 0.6 is 0 Å². The highest BCUT2D eigenvalue weighted by Crippen LogP contribution is 2.12. The second-order valence-electron chi connectivity index (χ2n) is 5.43. The second-order valence-corrected chi connectivity index (χ2v) is 5.43. The van der Waals surface area contributed by atoms with E-state index in [2.05, 4.69) is 5.32 Å². The number of urea groups is 1. The van der Waals surface area contributed by atoms with E-state index in [0.29, 0.717) is 25.9 Å². The van der Waals surface area contributed by atoms with E-state index in [-0.39, 0.29) is 26.7 Å². The molecule has 2 aliphatic rings. The number of nitrogens with one attached hydrogen (secondary N) is 1. The summed E-state index contributed by atoms with van der Waals surface area (Å²) in [5, 5.41) is 2.91. The van der Waals surface area contributed by atoms with Gasteiger partial charge in [0.1, 0.15) is 0 Å². The lowest BCUT2D eigenvalue weighted by Gasteiger charge is -2.16. The molecule has 6 nitrogen and oxygen atoms in total. The van der Waals surface area contributed by atoms with Crippen LogP contribution in [0, 0.1) is 0 Å². The number of unbranched alkanes of at least 4 members (excludes halogenated alkanes) is 2. The van der Waals surface area contributed by atoms with Gasteiger partial charge in [0.05, 0.1) is 0 Å². The minimum atomic E-state index is -0.0441. The van der Waals surface area contributed by atoms with Crippen molar-refractivity contribution in [1.82, 2.24) is 15.1 Å². The molecule has 0 aromatic heterocycles. The van der Waals surface area contributed by atoms with Crippen LogP contribution in [0.1, 0.15) is 81.5 Å². The smallest absolute Gasteiger partial charge is 0.317 e. The number of carbonyl (C=O) groups is 3. The summed E-state index contributed by atoms with van der Waals surface area (Å²) in [7, 11) is 0. The number of rotatable bonds is 6. The number of likely N-dealkylation sites (tertiary alicyclic amines) is 2. The lowest BCUT2D eigenvalue weighted by molar-refractivity contribution is -0.138. The number of hydrogen-bond acceptors (Lipinski definition) is 3. The molecule has 0 radical (unpaired) electrons. The third-order valence-electron chi connectivity index (χ3n) is 3.88. The van der Waals surface area contributed by atoms with Crippen molar-refractivity contribution in [2.24, 2.45) is 0 Å². The van der Waals surface area contributed by atoms with Gasteiger partial charge in [-0.25, -0.2) is 4.79 Å². The van der Waals surface area contributed by atoms with E-state index in [0.717, 1.165) is 45.2 Å². The van der Waals surface area contributed by atoms with Crippen molar-refractivity contribution < 1.29 is 15.8 Å². The first kappa shape index (κ1) is 25.6. The summed E-state index contributed by atoms with van der Waals surface area (Å²) in [6.45, 7) is 10.9. The summed E-state index contributed by atoms with van der Waals surface area (Å²) < 4.78 is 0. The Morgan fingerprint density at radius 1 is 0.960 bits per heavy atom. The Kier molecular flexibility index (Phi) is 16.3. The van der Waals surface area contributed by atoms with E-state index in [1.807, 2.05) is 32.6 Å². The maximum absolute atomic E-state index is 11.7. The van der Waals surface area contributed by atoms with Crippen molar-refractivity contribution in [3.8, 4) is 0 Å². The molecular weight excluding hydrogens is 318 g/mol. The number of amides is 4. The molecule has 2 aliphatic heterocycles. The van der Waals surface area contributed by atoms with Crippen LogP contribution in [0.15, 0.2) is 0 Å². The fourth-order valence-corrected chi connectivity index (χ4v) is 2.67. The molecule has 2 fully saturated rings. The van der Waals surface area contributed by atoms with Gasteiger partial charge in [-0.15, -0.1) is 0 Å². The predicted molar refractivity (Wildman–Crippen MR) is 106 cm³/mol. The molecule has 2 saturated heterocycles. The van der Waals surface area contributed by atoms with E-state index in [4.69, 9.17) is 0 Å². The van der Waals surface area contributed by atoms with Crippen LogP contribution in [0.3, 0.4) is 0 Å². The first-order valence-corrected chi connectivity index (χ1v) is 9.54. The highest BCUT2D eigenvalue weighted by Gasteiger charge is 2.27. The van der Waals surface area contributed by atoms with Gasteiger partial charge in [0.2, 0.25) is 11.8 Å². The van der Waals surface area contributed by atoms with Crippen molar-refractivity contribution in [3.05, 3.63) is 0 Å². The molecule has 0 aromatic rings. The predicted octanol–water partition coefficient (Wildman–Crippen LogP) is 4.05. The standard InChI is InChI=1S/C14H23N3O3.2C2H6.CH4.H2/c18-12-6-7-13(19)17(12)11-3-1-2-8-15-14(20)16-9-4-5-10-16;2*1-2;;/h1-11H2,(H,15,20);2*1-2H3;1H4;1H. The Morgan fingerprint density at radius 2 is 1.48 bits per heavy atom. The fourth-order valence-electron chi connectivity index (χ4n) is 2.67. The van der Waals surface area contributed by atoms with Crippen LogP contribution in [0.25, 0.3) is 0 Å². The molecule has 1 N–H and O–H groups in total. The molecule has 0 bridgehead atoms. The number of carbonyl (C=O) groups excluding carboxylic acids is 3. The van der Waals surface area contributed by atoms with Crippen molar-refractivity contribution >= 4 is 17.8 Å². The molecule has 2 rings (SSSR count). The zero-order valence-corrected chi connectivity index (χ0v) is 15.9. The SMILES string of the molecule is C.CC.CC.O=C(NCCCCCN1C(=O)CCC1=O)N1CCCC1.[HH]. The van der Waals surface area contributed by atoms with Gasteiger partial charge >= 0.3 is 6.03 Å². The van der Waals surface area contributed by atoms with Crippen LogP contribution in [0.5, 0.6) is 0 Å². The van der Waals surface area contributed by atoms with Gasteiger partial charge in [-0.05, 0) is 32.1 Å². The molecule has 4 amide bonds. The van der Waals surface area contributed by atoms with Gasteiger partial charge in [-0.1, -0.05) is 35.1 Å². The first-order chi connectivity index (χ1) is 11.7. The third kappa shape index (κ3) is 9.46. The molecule has 150 valence electrons. The molecule has 25 heavy (non-hydrogen) atoms. The summed E-state index contributed by atoms with van der Waals surface area (Å²) in [5.41, 5.74) is 0. The van der Waals surface area contributed by atoms with Crippen LogP contribution in [-0.2, 0) is 9.59 Å². The summed E-state index contributed by atoms with van der Waals surface area (Å²) >= 11 is 0. The van der Waals surface area contributed by atoms with Gasteiger partial charge in [-0.2, -0.15) is 0 Å². The molecule has 0 spiro atoms. The second kappa shape index (κ2) is 15.9. The van der Waals surface area contributed by atoms with E-state index in [9.17, 15) is 14.4 Å². The summed E-state index contributed by atoms with van der Waals surface area (Å²) in [4.78, 5) is 37.7. The molecular formula is C19H41N3O3. The Bertz CT molecular complexity index is 370. The van der Waals surface area contributed by atoms with Gasteiger partial charge in [0.25, 0.3) is 0 Å². The fraction of sp³-hybridized carbons (Fsp3) is 0.842. The van der Waals surface area contributed by atoms with Crippen LogP contribution in [-0.4, -0.2) is 53.8 Å². The monoisotopic (exact) mass is 359 g/mol. The minimum Gasteiger partial charge on any atom is -0.338 e. The van der Waals surface area contributed by atoms with Crippen molar-refractivity contribution in [2.75, 3.05) is 26.2 Å². The Hall–Kier alpha value is -1.59. The van der Waals surface area contributed by atoms with E-state index >= 15 is 0 Å². The van der Waals surface area contributed by atoms with Crippen LogP contribution in [0.4, 0.5) is 4.79 Å². The molecule has 0 aromatic carbocycles. The largest absolute Gasteiger partial charge is 0.338 e. The lowest BCUT2D eigenvalue weighted by atomic mass is 10.2. The highest BCUT2D eigenvalue weighted by atomic mass is 16.2. The average Bonchev–Trinajstić information content (AvgIpc) is 3.26. The maximum Gasteiger partial charge on any atom is 0.317 e. The normalized spacial score (nSPS) is 15.7. The summed E-state index contributed by atoms with van der Waals surface area (Å²) in [6.07, 6.45) is 5.55. The first-order valence-electron chi connectivity index (χ1n) is 9.54. The van der Waals surface area contributed by atoms with Crippen LogP contribution < -0.4 is 5.32 Å². The van der Waals surface area contributed by atoms with Gasteiger partial charge in [0.15, 0.2) is 0 Å². The Balaban J connectivity index is -0.000000824. The average molecular weight is 360 g/mol. The lowest BCUT2D eigenvalue weighted by Crippen LogP contribution is -2.38. The molecule has 0 aliphatic carbocycles. The zero-order chi connectivity index (χ0) is 18.4. The van der Waals surface area contributed by atoms with E-state index < -0.39 is 0 Å². The minimum absolute atomic E-state index is 0. The van der Waals surface area contributed by atoms with Gasteiger partial charge < -0.3 is 10.2 Å². The number of imide groups is 1. The topological polar surface area (TPSA) is 69.7 Å². The summed E-state index contributed by atoms with van der Waals surface area (Å²) in [5.74, 6) is -0.0883. The van der Waals surface area contributed by atoms with Gasteiger partial charge in [-0.3, -0.25) is 14.5 Å². The Morgan fingerprint density at radius 3 is 2.00 bits per heavy atom. The maximum atomic E-state index is 11.7. The van der Waals surface area contributed by atoms with Crippen molar-refractivity contribution in [1.29, 1.82) is 0 Å². The molecule has 2 heterocycles. The zero-order valence-electron chi connectivity index (χ0n) is 15.9. The molecule has 0 unspecified atom stereocenters. The van der Waals surface area contributed by atoms with Crippen molar-refractivity contribution in [3.63, 3.8) is 0 Å². The molecule has 6 heteroatoms. The van der Waals surface area contributed by atoms with Gasteiger partial charge in [0, 0.05) is 40.4 Å². The van der Waals surface area contributed by atoms with Crippen molar-refractivity contribution in [2.45, 2.75) is 80.1 Å². The highest BCUT2D eigenvalue weighted by molar-refractivity contribution is 6.01. The molecule has 0 atom stereocenters. The summed E-state index contributed by atoms with van der Waals surface area (Å²) in [6, 6.07) is 0.0346. The quantitative estimate of drug-likeness (QED) is 0.574. The number of nitrogens with zero attached hydrogens (tertiary/aromatic N) is 2. The number of hydrogen-bond donors (Lipinski definition) is 1.